The average Bonchev–Trinajstić information content (AvgIpc) is 2.45. The summed E-state index contributed by atoms with van der Waals surface area (Å²) in [4.78, 5) is 16.8. The number of aromatic nitrogens is 1. The van der Waals surface area contributed by atoms with Gasteiger partial charge >= 0.3 is 0 Å². The number of pyridine rings is 1. The second kappa shape index (κ2) is 6.62. The highest BCUT2D eigenvalue weighted by Gasteiger charge is 2.19. The minimum absolute atomic E-state index is 0.0432. The molecule has 1 aliphatic rings. The van der Waals surface area contributed by atoms with Gasteiger partial charge in [0.25, 0.3) is 5.69 Å². The Hall–Kier alpha value is -1.73. The Bertz CT molecular complexity index is 481. The normalized spacial score (nSPS) is 19.8. The van der Waals surface area contributed by atoms with Gasteiger partial charge in [-0.05, 0) is 19.5 Å². The van der Waals surface area contributed by atoms with E-state index in [1.54, 1.807) is 13.0 Å². The summed E-state index contributed by atoms with van der Waals surface area (Å²) in [6.45, 7) is 8.07. The largest absolute Gasteiger partial charge is 0.374 e. The smallest absolute Gasteiger partial charge is 0.290 e. The van der Waals surface area contributed by atoms with Crippen LogP contribution in [0.5, 0.6) is 0 Å². The minimum atomic E-state index is -0.421. The summed E-state index contributed by atoms with van der Waals surface area (Å²) in [6.07, 6.45) is 0.126. The molecule has 0 aliphatic carbocycles. The average molecular weight is 280 g/mol. The maximum Gasteiger partial charge on any atom is 0.290 e. The van der Waals surface area contributed by atoms with Crippen LogP contribution in [-0.4, -0.2) is 53.7 Å². The molecule has 2 rings (SSSR count). The van der Waals surface area contributed by atoms with Gasteiger partial charge in [-0.2, -0.15) is 0 Å². The summed E-state index contributed by atoms with van der Waals surface area (Å²) in [6, 6.07) is 3.11. The summed E-state index contributed by atoms with van der Waals surface area (Å²) >= 11 is 0. The Morgan fingerprint density at radius 3 is 3.05 bits per heavy atom. The lowest BCUT2D eigenvalue weighted by molar-refractivity contribution is -0.385. The van der Waals surface area contributed by atoms with Crippen LogP contribution >= 0.6 is 0 Å². The molecule has 2 heterocycles. The minimum Gasteiger partial charge on any atom is -0.374 e. The van der Waals surface area contributed by atoms with E-state index in [1.807, 2.05) is 0 Å². The van der Waals surface area contributed by atoms with Crippen LogP contribution in [0.1, 0.15) is 12.6 Å². The third kappa shape index (κ3) is 3.64. The first kappa shape index (κ1) is 14.7. The predicted molar refractivity (Wildman–Crippen MR) is 76.0 cm³/mol. The van der Waals surface area contributed by atoms with Gasteiger partial charge in [0.1, 0.15) is 11.5 Å². The van der Waals surface area contributed by atoms with Gasteiger partial charge in [-0.15, -0.1) is 0 Å². The Morgan fingerprint density at radius 2 is 2.40 bits per heavy atom. The van der Waals surface area contributed by atoms with Crippen molar-refractivity contribution in [3.8, 4) is 0 Å². The first-order valence-corrected chi connectivity index (χ1v) is 6.80. The second-order valence-electron chi connectivity index (χ2n) is 4.83. The number of nitro groups is 1. The van der Waals surface area contributed by atoms with Crippen molar-refractivity contribution in [3.05, 3.63) is 27.9 Å². The summed E-state index contributed by atoms with van der Waals surface area (Å²) in [7, 11) is 0. The van der Waals surface area contributed by atoms with Crippen molar-refractivity contribution in [2.45, 2.75) is 20.0 Å². The molecular formula is C13H20N4O3. The van der Waals surface area contributed by atoms with Crippen molar-refractivity contribution >= 4 is 11.5 Å². The van der Waals surface area contributed by atoms with Crippen molar-refractivity contribution in [2.75, 3.05) is 38.1 Å². The number of rotatable bonds is 5. The SMILES string of the molecule is CCN1CCOC(CNc2ccc([N+](=O)[O-])c(C)n2)C1. The molecule has 1 aliphatic heterocycles. The highest BCUT2D eigenvalue weighted by molar-refractivity contribution is 5.44. The van der Waals surface area contributed by atoms with E-state index >= 15 is 0 Å². The molecule has 1 atom stereocenters. The maximum atomic E-state index is 10.7. The maximum absolute atomic E-state index is 10.7. The fourth-order valence-corrected chi connectivity index (χ4v) is 2.25. The number of ether oxygens (including phenoxy) is 1. The number of nitrogens with one attached hydrogen (secondary N) is 1. The molecule has 20 heavy (non-hydrogen) atoms. The highest BCUT2D eigenvalue weighted by Crippen LogP contribution is 2.18. The van der Waals surface area contributed by atoms with Gasteiger partial charge in [-0.3, -0.25) is 15.0 Å². The van der Waals surface area contributed by atoms with Gasteiger partial charge in [0.15, 0.2) is 0 Å². The topological polar surface area (TPSA) is 80.5 Å². The number of hydrogen-bond acceptors (Lipinski definition) is 6. The number of aryl methyl sites for hydroxylation is 1. The monoisotopic (exact) mass is 280 g/mol. The molecule has 0 amide bonds. The van der Waals surface area contributed by atoms with Crippen molar-refractivity contribution in [1.29, 1.82) is 0 Å². The molecule has 1 N–H and O–H groups in total. The first-order chi connectivity index (χ1) is 9.60. The van der Waals surface area contributed by atoms with E-state index in [2.05, 4.69) is 22.1 Å². The third-order valence-electron chi connectivity index (χ3n) is 3.44. The van der Waals surface area contributed by atoms with E-state index in [-0.39, 0.29) is 11.8 Å². The van der Waals surface area contributed by atoms with Crippen molar-refractivity contribution in [3.63, 3.8) is 0 Å². The molecule has 110 valence electrons. The molecule has 1 fully saturated rings. The van der Waals surface area contributed by atoms with Crippen LogP contribution in [0.15, 0.2) is 12.1 Å². The van der Waals surface area contributed by atoms with E-state index < -0.39 is 4.92 Å². The van der Waals surface area contributed by atoms with Crippen LogP contribution in [0.4, 0.5) is 11.5 Å². The molecule has 1 aromatic rings. The van der Waals surface area contributed by atoms with Crippen LogP contribution in [0.3, 0.4) is 0 Å². The number of nitrogens with zero attached hydrogens (tertiary/aromatic N) is 3. The molecule has 0 radical (unpaired) electrons. The zero-order chi connectivity index (χ0) is 14.5. The summed E-state index contributed by atoms with van der Waals surface area (Å²) in [5.41, 5.74) is 0.460. The molecule has 7 nitrogen and oxygen atoms in total. The molecule has 0 bridgehead atoms. The molecule has 1 aromatic heterocycles. The van der Waals surface area contributed by atoms with E-state index in [9.17, 15) is 10.1 Å². The van der Waals surface area contributed by atoms with Crippen molar-refractivity contribution in [2.24, 2.45) is 0 Å². The van der Waals surface area contributed by atoms with Crippen LogP contribution in [-0.2, 0) is 4.74 Å². The molecule has 7 heteroatoms. The molecule has 0 aromatic carbocycles. The quantitative estimate of drug-likeness (QED) is 0.649. The van der Waals surface area contributed by atoms with Gasteiger partial charge in [0, 0.05) is 25.7 Å². The van der Waals surface area contributed by atoms with E-state index in [1.165, 1.54) is 6.07 Å². The zero-order valence-electron chi connectivity index (χ0n) is 11.8. The Balaban J connectivity index is 1.91. The Morgan fingerprint density at radius 1 is 1.60 bits per heavy atom. The third-order valence-corrected chi connectivity index (χ3v) is 3.44. The second-order valence-corrected chi connectivity index (χ2v) is 4.83. The van der Waals surface area contributed by atoms with E-state index in [0.29, 0.717) is 18.1 Å². The molecule has 0 spiro atoms. The summed E-state index contributed by atoms with van der Waals surface area (Å²) in [5, 5.41) is 13.9. The van der Waals surface area contributed by atoms with Crippen LogP contribution < -0.4 is 5.32 Å². The van der Waals surface area contributed by atoms with Crippen LogP contribution in [0, 0.1) is 17.0 Å². The number of anilines is 1. The molecule has 1 saturated heterocycles. The zero-order valence-corrected chi connectivity index (χ0v) is 11.8. The highest BCUT2D eigenvalue weighted by atomic mass is 16.6. The lowest BCUT2D eigenvalue weighted by atomic mass is 10.2. The van der Waals surface area contributed by atoms with Crippen molar-refractivity contribution < 1.29 is 9.66 Å². The lowest BCUT2D eigenvalue weighted by Gasteiger charge is -2.32. The predicted octanol–water partition coefficient (Wildman–Crippen LogP) is 1.43. The fourth-order valence-electron chi connectivity index (χ4n) is 2.25. The first-order valence-electron chi connectivity index (χ1n) is 6.80. The van der Waals surface area contributed by atoms with Crippen molar-refractivity contribution in [1.82, 2.24) is 9.88 Å². The van der Waals surface area contributed by atoms with Crippen LogP contribution in [0.2, 0.25) is 0 Å². The fraction of sp³-hybridized carbons (Fsp3) is 0.615. The number of likely N-dealkylation sites (N-methyl/N-ethyl adjacent to an activating group) is 1. The Labute approximate surface area is 118 Å². The van der Waals surface area contributed by atoms with Gasteiger partial charge in [0.2, 0.25) is 0 Å². The van der Waals surface area contributed by atoms with E-state index in [0.717, 1.165) is 26.2 Å². The van der Waals surface area contributed by atoms with Gasteiger partial charge in [-0.25, -0.2) is 4.98 Å². The number of hydrogen-bond donors (Lipinski definition) is 1. The summed E-state index contributed by atoms with van der Waals surface area (Å²) in [5.74, 6) is 0.644. The van der Waals surface area contributed by atoms with Gasteiger partial charge in [0.05, 0.1) is 17.6 Å². The van der Waals surface area contributed by atoms with Gasteiger partial charge < -0.3 is 10.1 Å². The van der Waals surface area contributed by atoms with Crippen LogP contribution in [0.25, 0.3) is 0 Å². The Kier molecular flexibility index (Phi) is 4.86. The molecule has 1 unspecified atom stereocenters. The lowest BCUT2D eigenvalue weighted by Crippen LogP contribution is -2.45. The number of morpholine rings is 1. The van der Waals surface area contributed by atoms with E-state index in [4.69, 9.17) is 4.74 Å². The molecular weight excluding hydrogens is 260 g/mol. The standard InChI is InChI=1S/C13H20N4O3/c1-3-16-6-7-20-11(9-16)8-14-13-5-4-12(17(18)19)10(2)15-13/h4-5,11H,3,6-9H2,1-2H3,(H,14,15). The molecule has 0 saturated carbocycles. The van der Waals surface area contributed by atoms with Gasteiger partial charge in [-0.1, -0.05) is 6.92 Å². The summed E-state index contributed by atoms with van der Waals surface area (Å²) < 4.78 is 5.68.